The van der Waals surface area contributed by atoms with E-state index in [0.717, 1.165) is 5.56 Å². The molecule has 0 bridgehead atoms. The summed E-state index contributed by atoms with van der Waals surface area (Å²) in [5.74, 6) is -1.74. The fourth-order valence-electron chi connectivity index (χ4n) is 2.28. The molecule has 0 spiro atoms. The zero-order valence-electron chi connectivity index (χ0n) is 11.7. The van der Waals surface area contributed by atoms with E-state index >= 15 is 0 Å². The summed E-state index contributed by atoms with van der Waals surface area (Å²) >= 11 is 0. The molecule has 21 heavy (non-hydrogen) atoms. The van der Waals surface area contributed by atoms with Crippen LogP contribution in [0.1, 0.15) is 5.56 Å². The maximum Gasteiger partial charge on any atom is 0.322 e. The largest absolute Gasteiger partial charge is 0.480 e. The second-order valence-electron chi connectivity index (χ2n) is 5.04. The Hall–Kier alpha value is -1.99. The first-order chi connectivity index (χ1) is 9.97. The first kappa shape index (κ1) is 15.4. The summed E-state index contributed by atoms with van der Waals surface area (Å²) in [6, 6.07) is 3.43. The Kier molecular flexibility index (Phi) is 4.87. The Balaban J connectivity index is 2.00. The number of nitrogens with one attached hydrogen (secondary N) is 2. The highest BCUT2D eigenvalue weighted by molar-refractivity contribution is 5.93. The Morgan fingerprint density at radius 1 is 1.52 bits per heavy atom. The van der Waals surface area contributed by atoms with Crippen LogP contribution in [0.25, 0.3) is 0 Å². The number of aryl methyl sites for hydroxylation is 1. The smallest absolute Gasteiger partial charge is 0.322 e. The summed E-state index contributed by atoms with van der Waals surface area (Å²) in [4.78, 5) is 24.8. The van der Waals surface area contributed by atoms with Crippen LogP contribution < -0.4 is 10.6 Å². The number of hydrogen-bond acceptors (Lipinski definition) is 4. The molecule has 2 rings (SSSR count). The Morgan fingerprint density at radius 2 is 2.29 bits per heavy atom. The van der Waals surface area contributed by atoms with Gasteiger partial charge in [-0.25, -0.2) is 4.39 Å². The summed E-state index contributed by atoms with van der Waals surface area (Å²) < 4.78 is 13.2. The molecular formula is C14H18FN3O3. The third-order valence-electron chi connectivity index (χ3n) is 3.46. The van der Waals surface area contributed by atoms with Crippen molar-refractivity contribution in [1.82, 2.24) is 10.2 Å². The van der Waals surface area contributed by atoms with Crippen molar-refractivity contribution in [2.24, 2.45) is 0 Å². The predicted molar refractivity (Wildman–Crippen MR) is 75.6 cm³/mol. The number of piperazine rings is 1. The van der Waals surface area contributed by atoms with Crippen molar-refractivity contribution >= 4 is 17.6 Å². The molecule has 1 amide bonds. The van der Waals surface area contributed by atoms with Gasteiger partial charge in [0.2, 0.25) is 5.91 Å². The van der Waals surface area contributed by atoms with E-state index in [2.05, 4.69) is 10.6 Å². The van der Waals surface area contributed by atoms with E-state index in [0.29, 0.717) is 25.3 Å². The van der Waals surface area contributed by atoms with E-state index in [1.54, 1.807) is 17.9 Å². The van der Waals surface area contributed by atoms with Crippen molar-refractivity contribution in [2.75, 3.05) is 31.5 Å². The molecule has 1 aliphatic heterocycles. The SMILES string of the molecule is Cc1ccc(F)cc1NC(=O)CN1CCNCC1C(=O)O. The highest BCUT2D eigenvalue weighted by Gasteiger charge is 2.29. The first-order valence-corrected chi connectivity index (χ1v) is 6.71. The summed E-state index contributed by atoms with van der Waals surface area (Å²) in [5.41, 5.74) is 1.15. The van der Waals surface area contributed by atoms with Gasteiger partial charge < -0.3 is 15.7 Å². The number of hydrogen-bond donors (Lipinski definition) is 3. The second kappa shape index (κ2) is 6.64. The molecule has 1 aromatic rings. The number of carbonyl (C=O) groups excluding carboxylic acids is 1. The fraction of sp³-hybridized carbons (Fsp3) is 0.429. The molecule has 1 aromatic carbocycles. The molecule has 1 unspecified atom stereocenters. The van der Waals surface area contributed by atoms with Crippen LogP contribution in [0.3, 0.4) is 0 Å². The van der Waals surface area contributed by atoms with E-state index in [1.165, 1.54) is 12.1 Å². The molecular weight excluding hydrogens is 277 g/mol. The number of carboxylic acids is 1. The van der Waals surface area contributed by atoms with E-state index in [9.17, 15) is 14.0 Å². The van der Waals surface area contributed by atoms with E-state index in [-0.39, 0.29) is 12.5 Å². The van der Waals surface area contributed by atoms with Gasteiger partial charge in [-0.2, -0.15) is 0 Å². The number of benzene rings is 1. The van der Waals surface area contributed by atoms with Crippen molar-refractivity contribution in [3.8, 4) is 0 Å². The normalized spacial score (nSPS) is 19.2. The highest BCUT2D eigenvalue weighted by Crippen LogP contribution is 2.16. The van der Waals surface area contributed by atoms with Gasteiger partial charge in [0, 0.05) is 25.3 Å². The molecule has 6 nitrogen and oxygen atoms in total. The Labute approximate surface area is 121 Å². The Morgan fingerprint density at radius 3 is 3.00 bits per heavy atom. The lowest BCUT2D eigenvalue weighted by Gasteiger charge is -2.32. The average Bonchev–Trinajstić information content (AvgIpc) is 2.43. The molecule has 0 radical (unpaired) electrons. The summed E-state index contributed by atoms with van der Waals surface area (Å²) in [5, 5.41) is 14.7. The van der Waals surface area contributed by atoms with Crippen molar-refractivity contribution in [2.45, 2.75) is 13.0 Å². The lowest BCUT2D eigenvalue weighted by Crippen LogP contribution is -2.56. The lowest BCUT2D eigenvalue weighted by molar-refractivity contribution is -0.144. The van der Waals surface area contributed by atoms with Crippen LogP contribution in [0.5, 0.6) is 0 Å². The molecule has 7 heteroatoms. The van der Waals surface area contributed by atoms with Gasteiger partial charge in [-0.3, -0.25) is 14.5 Å². The maximum absolute atomic E-state index is 13.2. The van der Waals surface area contributed by atoms with Gasteiger partial charge in [-0.15, -0.1) is 0 Å². The van der Waals surface area contributed by atoms with Crippen molar-refractivity contribution < 1.29 is 19.1 Å². The molecule has 1 heterocycles. The van der Waals surface area contributed by atoms with Crippen molar-refractivity contribution in [3.05, 3.63) is 29.6 Å². The molecule has 114 valence electrons. The summed E-state index contributed by atoms with van der Waals surface area (Å²) in [6.45, 7) is 3.15. The fourth-order valence-corrected chi connectivity index (χ4v) is 2.28. The number of aliphatic carboxylic acids is 1. The van der Waals surface area contributed by atoms with Crippen LogP contribution >= 0.6 is 0 Å². The standard InChI is InChI=1S/C14H18FN3O3/c1-9-2-3-10(15)6-11(9)17-13(19)8-18-5-4-16-7-12(18)14(20)21/h2-3,6,12,16H,4-5,7-8H2,1H3,(H,17,19)(H,20,21). The van der Waals surface area contributed by atoms with Gasteiger partial charge in [-0.05, 0) is 24.6 Å². The molecule has 1 saturated heterocycles. The van der Waals surface area contributed by atoms with Gasteiger partial charge in [0.15, 0.2) is 0 Å². The van der Waals surface area contributed by atoms with Crippen LogP contribution in [0.4, 0.5) is 10.1 Å². The minimum Gasteiger partial charge on any atom is -0.480 e. The summed E-state index contributed by atoms with van der Waals surface area (Å²) in [6.07, 6.45) is 0. The topological polar surface area (TPSA) is 81.7 Å². The number of amides is 1. The molecule has 1 atom stereocenters. The lowest BCUT2D eigenvalue weighted by atomic mass is 10.2. The average molecular weight is 295 g/mol. The van der Waals surface area contributed by atoms with Gasteiger partial charge in [0.25, 0.3) is 0 Å². The number of carbonyl (C=O) groups is 2. The zero-order chi connectivity index (χ0) is 15.4. The van der Waals surface area contributed by atoms with Crippen LogP contribution in [0.2, 0.25) is 0 Å². The maximum atomic E-state index is 13.2. The zero-order valence-corrected chi connectivity index (χ0v) is 11.7. The Bertz CT molecular complexity index is 550. The van der Waals surface area contributed by atoms with Gasteiger partial charge in [0.1, 0.15) is 11.9 Å². The summed E-state index contributed by atoms with van der Waals surface area (Å²) in [7, 11) is 0. The van der Waals surface area contributed by atoms with Crippen molar-refractivity contribution in [3.63, 3.8) is 0 Å². The van der Waals surface area contributed by atoms with Crippen molar-refractivity contribution in [1.29, 1.82) is 0 Å². The second-order valence-corrected chi connectivity index (χ2v) is 5.04. The third-order valence-corrected chi connectivity index (χ3v) is 3.46. The number of carboxylic acid groups (broad SMARTS) is 1. The van der Waals surface area contributed by atoms with E-state index < -0.39 is 17.8 Å². The van der Waals surface area contributed by atoms with Gasteiger partial charge in [0.05, 0.1) is 6.54 Å². The molecule has 1 aliphatic rings. The molecule has 0 aliphatic carbocycles. The third kappa shape index (κ3) is 3.99. The van der Waals surface area contributed by atoms with Gasteiger partial charge >= 0.3 is 5.97 Å². The molecule has 0 aromatic heterocycles. The first-order valence-electron chi connectivity index (χ1n) is 6.71. The van der Waals surface area contributed by atoms with Gasteiger partial charge in [-0.1, -0.05) is 6.07 Å². The minimum absolute atomic E-state index is 0.0331. The highest BCUT2D eigenvalue weighted by atomic mass is 19.1. The molecule has 1 fully saturated rings. The quantitative estimate of drug-likeness (QED) is 0.750. The predicted octanol–water partition coefficient (Wildman–Crippen LogP) is 0.431. The van der Waals surface area contributed by atoms with E-state index in [1.807, 2.05) is 0 Å². The van der Waals surface area contributed by atoms with Crippen LogP contribution in [0, 0.1) is 12.7 Å². The monoisotopic (exact) mass is 295 g/mol. The van der Waals surface area contributed by atoms with Crippen LogP contribution in [-0.2, 0) is 9.59 Å². The minimum atomic E-state index is -0.961. The molecule has 3 N–H and O–H groups in total. The van der Waals surface area contributed by atoms with Crippen LogP contribution in [-0.4, -0.2) is 54.1 Å². The van der Waals surface area contributed by atoms with Crippen LogP contribution in [0.15, 0.2) is 18.2 Å². The number of nitrogens with zero attached hydrogens (tertiary/aromatic N) is 1. The van der Waals surface area contributed by atoms with E-state index in [4.69, 9.17) is 5.11 Å². The number of rotatable bonds is 4. The number of halogens is 1. The number of anilines is 1. The molecule has 0 saturated carbocycles.